The Labute approximate surface area is 234 Å². The Bertz CT molecular complexity index is 1510. The SMILES string of the molecule is COc1cc(/C=C2\C(=O)NC(=O)N(c3cc(C(F)(F)F)ccc3Cl)C2=O)cc(Br)c1OCc1ccc(C)cc1. The summed E-state index contributed by atoms with van der Waals surface area (Å²) < 4.78 is 51.6. The number of barbiturate groups is 1. The molecule has 1 saturated heterocycles. The summed E-state index contributed by atoms with van der Waals surface area (Å²) in [6, 6.07) is 11.8. The average molecular weight is 624 g/mol. The van der Waals surface area contributed by atoms with E-state index in [1.54, 1.807) is 6.07 Å². The minimum atomic E-state index is -4.75. The largest absolute Gasteiger partial charge is 0.493 e. The van der Waals surface area contributed by atoms with Crippen LogP contribution in [0.3, 0.4) is 0 Å². The fraction of sp³-hybridized carbons (Fsp3) is 0.148. The van der Waals surface area contributed by atoms with E-state index in [1.165, 1.54) is 19.3 Å². The molecule has 4 amide bonds. The van der Waals surface area contributed by atoms with Gasteiger partial charge >= 0.3 is 12.2 Å². The molecule has 1 aliphatic heterocycles. The number of nitrogens with zero attached hydrogens (tertiary/aromatic N) is 1. The van der Waals surface area contributed by atoms with Crippen molar-refractivity contribution >= 4 is 57.1 Å². The number of ether oxygens (including phenoxy) is 2. The molecule has 0 atom stereocenters. The second-order valence-electron chi connectivity index (χ2n) is 8.43. The number of carbonyl (C=O) groups is 3. The summed E-state index contributed by atoms with van der Waals surface area (Å²) in [7, 11) is 1.41. The fourth-order valence-electron chi connectivity index (χ4n) is 3.71. The number of amides is 4. The van der Waals surface area contributed by atoms with E-state index < -0.39 is 40.8 Å². The normalized spacial score (nSPS) is 15.0. The second kappa shape index (κ2) is 11.1. The number of urea groups is 1. The summed E-state index contributed by atoms with van der Waals surface area (Å²) in [5.41, 5.74) is 0.176. The lowest BCUT2D eigenvalue weighted by atomic mass is 10.1. The Morgan fingerprint density at radius 3 is 2.38 bits per heavy atom. The third kappa shape index (κ3) is 6.10. The highest BCUT2D eigenvalue weighted by atomic mass is 79.9. The van der Waals surface area contributed by atoms with Gasteiger partial charge in [0.2, 0.25) is 0 Å². The number of anilines is 1. The van der Waals surface area contributed by atoms with Crippen molar-refractivity contribution in [3.8, 4) is 11.5 Å². The third-order valence-corrected chi connectivity index (χ3v) is 6.59. The van der Waals surface area contributed by atoms with E-state index in [9.17, 15) is 27.6 Å². The highest BCUT2D eigenvalue weighted by Crippen LogP contribution is 2.39. The van der Waals surface area contributed by atoms with Gasteiger partial charge in [-0.2, -0.15) is 13.2 Å². The molecule has 0 saturated carbocycles. The Balaban J connectivity index is 1.67. The van der Waals surface area contributed by atoms with Crippen molar-refractivity contribution < 1.29 is 37.0 Å². The number of nitrogens with one attached hydrogen (secondary N) is 1. The Kier molecular flexibility index (Phi) is 8.03. The van der Waals surface area contributed by atoms with Crippen molar-refractivity contribution in [2.45, 2.75) is 19.7 Å². The quantitative estimate of drug-likeness (QED) is 0.245. The molecule has 1 aliphatic rings. The molecule has 7 nitrogen and oxygen atoms in total. The van der Waals surface area contributed by atoms with E-state index in [0.717, 1.165) is 17.2 Å². The minimum absolute atomic E-state index is 0.241. The van der Waals surface area contributed by atoms with Gasteiger partial charge in [0, 0.05) is 0 Å². The first kappa shape index (κ1) is 28.2. The first-order chi connectivity index (χ1) is 18.4. The molecule has 12 heteroatoms. The summed E-state index contributed by atoms with van der Waals surface area (Å²) in [5.74, 6) is -1.54. The predicted octanol–water partition coefficient (Wildman–Crippen LogP) is 6.68. The van der Waals surface area contributed by atoms with E-state index >= 15 is 0 Å². The molecule has 0 radical (unpaired) electrons. The Morgan fingerprint density at radius 1 is 1.05 bits per heavy atom. The van der Waals surface area contributed by atoms with E-state index in [1.807, 2.05) is 36.5 Å². The molecule has 0 bridgehead atoms. The van der Waals surface area contributed by atoms with Crippen LogP contribution in [0.2, 0.25) is 5.02 Å². The lowest BCUT2D eigenvalue weighted by molar-refractivity contribution is -0.137. The van der Waals surface area contributed by atoms with E-state index in [0.29, 0.717) is 32.8 Å². The molecule has 1 heterocycles. The molecule has 1 fully saturated rings. The molecular weight excluding hydrogens is 605 g/mol. The number of hydrogen-bond donors (Lipinski definition) is 1. The highest BCUT2D eigenvalue weighted by molar-refractivity contribution is 9.10. The van der Waals surface area contributed by atoms with Crippen LogP contribution < -0.4 is 19.7 Å². The monoisotopic (exact) mass is 622 g/mol. The summed E-state index contributed by atoms with van der Waals surface area (Å²) >= 11 is 9.44. The van der Waals surface area contributed by atoms with Gasteiger partial charge < -0.3 is 9.47 Å². The standard InChI is InChI=1S/C27H19BrClF3N2O5/c1-14-3-5-15(6-4-14)13-39-23-19(28)10-16(11-22(23)38-2)9-18-24(35)33-26(37)34(25(18)36)21-12-17(27(30,31)32)7-8-20(21)29/h3-12H,13H2,1-2H3,(H,33,35,37)/b18-9+. The number of carbonyl (C=O) groups excluding carboxylic acids is 3. The second-order valence-corrected chi connectivity index (χ2v) is 9.69. The molecule has 0 unspecified atom stereocenters. The maximum absolute atomic E-state index is 13.3. The lowest BCUT2D eigenvalue weighted by Gasteiger charge is -2.27. The summed E-state index contributed by atoms with van der Waals surface area (Å²) in [6.45, 7) is 2.21. The minimum Gasteiger partial charge on any atom is -0.493 e. The van der Waals surface area contributed by atoms with Crippen molar-refractivity contribution in [2.75, 3.05) is 12.0 Å². The van der Waals surface area contributed by atoms with Crippen molar-refractivity contribution in [1.82, 2.24) is 5.32 Å². The van der Waals surface area contributed by atoms with Crippen LogP contribution in [0.15, 0.2) is 64.6 Å². The molecular formula is C27H19BrClF3N2O5. The zero-order chi connectivity index (χ0) is 28.5. The van der Waals surface area contributed by atoms with Gasteiger partial charge in [-0.05, 0) is 70.4 Å². The molecule has 1 N–H and O–H groups in total. The predicted molar refractivity (Wildman–Crippen MR) is 142 cm³/mol. The number of imide groups is 2. The third-order valence-electron chi connectivity index (χ3n) is 5.68. The van der Waals surface area contributed by atoms with E-state index in [-0.39, 0.29) is 17.4 Å². The van der Waals surface area contributed by atoms with Crippen LogP contribution in [0.25, 0.3) is 6.08 Å². The lowest BCUT2D eigenvalue weighted by Crippen LogP contribution is -2.54. The zero-order valence-electron chi connectivity index (χ0n) is 20.4. The van der Waals surface area contributed by atoms with E-state index in [2.05, 4.69) is 15.9 Å². The summed E-state index contributed by atoms with van der Waals surface area (Å²) in [4.78, 5) is 38.7. The zero-order valence-corrected chi connectivity index (χ0v) is 22.7. The number of halogens is 5. The Hall–Kier alpha value is -3.83. The van der Waals surface area contributed by atoms with Crippen LogP contribution in [0.1, 0.15) is 22.3 Å². The smallest absolute Gasteiger partial charge is 0.416 e. The number of benzene rings is 3. The molecule has 0 aliphatic carbocycles. The number of alkyl halides is 3. The number of rotatable bonds is 6. The summed E-state index contributed by atoms with van der Waals surface area (Å²) in [5, 5.41) is 1.67. The maximum Gasteiger partial charge on any atom is 0.416 e. The summed E-state index contributed by atoms with van der Waals surface area (Å²) in [6.07, 6.45) is -3.58. The number of hydrogen-bond acceptors (Lipinski definition) is 5. The van der Waals surface area contributed by atoms with Crippen molar-refractivity contribution in [3.05, 3.63) is 91.9 Å². The van der Waals surface area contributed by atoms with Crippen LogP contribution >= 0.6 is 27.5 Å². The van der Waals surface area contributed by atoms with Gasteiger partial charge in [0.05, 0.1) is 27.9 Å². The fourth-order valence-corrected chi connectivity index (χ4v) is 4.48. The van der Waals surface area contributed by atoms with Gasteiger partial charge in [0.25, 0.3) is 11.8 Å². The van der Waals surface area contributed by atoms with Gasteiger partial charge in [0.1, 0.15) is 12.2 Å². The molecule has 0 aromatic heterocycles. The van der Waals surface area contributed by atoms with Crippen LogP contribution in [-0.2, 0) is 22.4 Å². The van der Waals surface area contributed by atoms with Gasteiger partial charge in [-0.15, -0.1) is 0 Å². The Morgan fingerprint density at radius 2 is 1.74 bits per heavy atom. The number of aryl methyl sites for hydroxylation is 1. The average Bonchev–Trinajstić information content (AvgIpc) is 2.87. The van der Waals surface area contributed by atoms with Crippen LogP contribution in [0.5, 0.6) is 11.5 Å². The molecule has 4 rings (SSSR count). The van der Waals surface area contributed by atoms with Crippen LogP contribution in [-0.4, -0.2) is 25.0 Å². The van der Waals surface area contributed by atoms with Gasteiger partial charge in [-0.1, -0.05) is 41.4 Å². The molecule has 3 aromatic carbocycles. The van der Waals surface area contributed by atoms with Crippen LogP contribution in [0, 0.1) is 6.92 Å². The first-order valence-corrected chi connectivity index (χ1v) is 12.4. The van der Waals surface area contributed by atoms with Crippen LogP contribution in [0.4, 0.5) is 23.7 Å². The van der Waals surface area contributed by atoms with Gasteiger partial charge in [-0.3, -0.25) is 14.9 Å². The first-order valence-electron chi connectivity index (χ1n) is 11.2. The number of methoxy groups -OCH3 is 1. The topological polar surface area (TPSA) is 84.9 Å². The van der Waals surface area contributed by atoms with Crippen molar-refractivity contribution in [3.63, 3.8) is 0 Å². The highest BCUT2D eigenvalue weighted by Gasteiger charge is 2.39. The molecule has 0 spiro atoms. The molecule has 39 heavy (non-hydrogen) atoms. The van der Waals surface area contributed by atoms with Crippen molar-refractivity contribution in [2.24, 2.45) is 0 Å². The molecule has 3 aromatic rings. The van der Waals surface area contributed by atoms with E-state index in [4.69, 9.17) is 21.1 Å². The van der Waals surface area contributed by atoms with Gasteiger partial charge in [-0.25, -0.2) is 9.69 Å². The maximum atomic E-state index is 13.3. The van der Waals surface area contributed by atoms with Gasteiger partial charge in [0.15, 0.2) is 11.5 Å². The van der Waals surface area contributed by atoms with Crippen molar-refractivity contribution in [1.29, 1.82) is 0 Å². The molecule has 202 valence electrons.